The monoisotopic (exact) mass is 410 g/mol. The van der Waals surface area contributed by atoms with Crippen LogP contribution in [0.15, 0.2) is 49.3 Å². The molecular weight excluding hydrogens is 392 g/mol. The van der Waals surface area contributed by atoms with Gasteiger partial charge in [0.2, 0.25) is 0 Å². The molecule has 0 aliphatic heterocycles. The van der Waals surface area contributed by atoms with Gasteiger partial charge in [0.25, 0.3) is 5.91 Å². The Bertz CT molecular complexity index is 1100. The summed E-state index contributed by atoms with van der Waals surface area (Å²) in [4.78, 5) is 12.8. The van der Waals surface area contributed by atoms with Gasteiger partial charge in [0.15, 0.2) is 0 Å². The smallest absolute Gasteiger partial charge is 0.261 e. The number of carbonyl (C=O) groups excluding carboxylic acids is 1. The predicted octanol–water partition coefficient (Wildman–Crippen LogP) is 3.96. The zero-order valence-electron chi connectivity index (χ0n) is 15.4. The fourth-order valence-electron chi connectivity index (χ4n) is 2.75. The number of aromatic amines is 1. The Morgan fingerprint density at radius 3 is 3.00 bits per heavy atom. The maximum absolute atomic E-state index is 12.8. The van der Waals surface area contributed by atoms with Crippen molar-refractivity contribution in [2.45, 2.75) is 18.9 Å². The third kappa shape index (κ3) is 4.02. The summed E-state index contributed by atoms with van der Waals surface area (Å²) in [6.07, 6.45) is 10.0. The van der Waals surface area contributed by atoms with Gasteiger partial charge in [-0.3, -0.25) is 9.89 Å². The molecule has 1 aliphatic rings. The molecule has 4 rings (SSSR count). The third-order valence-electron chi connectivity index (χ3n) is 4.36. The molecule has 0 bridgehead atoms. The summed E-state index contributed by atoms with van der Waals surface area (Å²) >= 11 is 6.19. The van der Waals surface area contributed by atoms with E-state index in [4.69, 9.17) is 22.1 Å². The average Bonchev–Trinajstić information content (AvgIpc) is 3.28. The molecule has 9 heteroatoms. The van der Waals surface area contributed by atoms with Gasteiger partial charge in [-0.1, -0.05) is 24.3 Å². The van der Waals surface area contributed by atoms with Crippen molar-refractivity contribution in [1.29, 1.82) is 0 Å². The van der Waals surface area contributed by atoms with Crippen LogP contribution in [0.2, 0.25) is 5.02 Å². The summed E-state index contributed by atoms with van der Waals surface area (Å²) in [5.41, 5.74) is 8.05. The lowest BCUT2D eigenvalue weighted by Gasteiger charge is -2.12. The Kier molecular flexibility index (Phi) is 5.09. The molecule has 2 aromatic heterocycles. The van der Waals surface area contributed by atoms with E-state index >= 15 is 0 Å². The lowest BCUT2D eigenvalue weighted by molar-refractivity contribution is 0.102. The first-order chi connectivity index (χ1) is 14.1. The topological polar surface area (TPSA) is 111 Å². The predicted molar refractivity (Wildman–Crippen MR) is 113 cm³/mol. The summed E-state index contributed by atoms with van der Waals surface area (Å²) in [6.45, 7) is 3.59. The van der Waals surface area contributed by atoms with Crippen molar-refractivity contribution in [2.75, 3.05) is 11.1 Å². The van der Waals surface area contributed by atoms with Gasteiger partial charge in [0, 0.05) is 16.8 Å². The number of anilines is 2. The largest absolute Gasteiger partial charge is 0.490 e. The molecule has 1 amide bonds. The number of aromatic nitrogens is 4. The van der Waals surface area contributed by atoms with Crippen molar-refractivity contribution in [3.05, 3.63) is 59.9 Å². The van der Waals surface area contributed by atoms with E-state index in [1.807, 2.05) is 6.07 Å². The zero-order chi connectivity index (χ0) is 20.4. The summed E-state index contributed by atoms with van der Waals surface area (Å²) in [5.74, 6) is 0.486. The number of allylic oxidation sites excluding steroid dienone is 2. The second-order valence-electron chi connectivity index (χ2n) is 6.54. The third-order valence-corrected chi connectivity index (χ3v) is 4.59. The van der Waals surface area contributed by atoms with Crippen LogP contribution in [0.3, 0.4) is 0 Å². The first-order valence-electron chi connectivity index (χ1n) is 9.00. The van der Waals surface area contributed by atoms with E-state index in [2.05, 4.69) is 27.2 Å². The van der Waals surface area contributed by atoms with E-state index in [-0.39, 0.29) is 17.5 Å². The summed E-state index contributed by atoms with van der Waals surface area (Å²) in [7, 11) is 0. The number of H-pyrrole nitrogens is 1. The number of ether oxygens (including phenoxy) is 1. The zero-order valence-corrected chi connectivity index (χ0v) is 16.2. The van der Waals surface area contributed by atoms with Crippen molar-refractivity contribution in [2.24, 2.45) is 0 Å². The molecule has 4 N–H and O–H groups in total. The number of amides is 1. The number of nitrogen functional groups attached to an aromatic ring is 1. The van der Waals surface area contributed by atoms with Crippen LogP contribution >= 0.6 is 11.6 Å². The lowest BCUT2D eigenvalue weighted by atomic mass is 10.1. The van der Waals surface area contributed by atoms with E-state index < -0.39 is 5.91 Å². The minimum Gasteiger partial charge on any atom is -0.490 e. The van der Waals surface area contributed by atoms with Crippen LogP contribution in [-0.4, -0.2) is 32.0 Å². The highest BCUT2D eigenvalue weighted by atomic mass is 35.5. The molecule has 0 atom stereocenters. The molecule has 148 valence electrons. The van der Waals surface area contributed by atoms with Crippen LogP contribution in [-0.2, 0) is 0 Å². The van der Waals surface area contributed by atoms with Crippen molar-refractivity contribution in [3.8, 4) is 17.0 Å². The van der Waals surface area contributed by atoms with Crippen LogP contribution in [0.4, 0.5) is 11.5 Å². The Balaban J connectivity index is 1.61. The number of rotatable bonds is 7. The molecule has 8 nitrogen and oxygen atoms in total. The molecule has 0 radical (unpaired) electrons. The SMILES string of the molecule is C=C/C=C\n1ncc(C(=O)Nc2cn[nH]c2-c2cc(Cl)ccc2OC2CC2)c1N. The molecular formula is C20H19ClN6O2. The maximum atomic E-state index is 12.8. The molecule has 1 saturated carbocycles. The molecule has 1 aliphatic carbocycles. The minimum absolute atomic E-state index is 0.213. The van der Waals surface area contributed by atoms with E-state index in [0.29, 0.717) is 22.2 Å². The first-order valence-corrected chi connectivity index (χ1v) is 9.38. The number of hydrogen-bond acceptors (Lipinski definition) is 5. The molecule has 0 saturated heterocycles. The Morgan fingerprint density at radius 2 is 2.24 bits per heavy atom. The lowest BCUT2D eigenvalue weighted by Crippen LogP contribution is -2.14. The molecule has 0 spiro atoms. The van der Waals surface area contributed by atoms with Gasteiger partial charge < -0.3 is 15.8 Å². The van der Waals surface area contributed by atoms with Crippen molar-refractivity contribution >= 4 is 35.2 Å². The normalized spacial score (nSPS) is 13.6. The van der Waals surface area contributed by atoms with Gasteiger partial charge >= 0.3 is 0 Å². The van der Waals surface area contributed by atoms with Crippen molar-refractivity contribution in [3.63, 3.8) is 0 Å². The fourth-order valence-corrected chi connectivity index (χ4v) is 2.92. The van der Waals surface area contributed by atoms with E-state index in [0.717, 1.165) is 18.4 Å². The molecule has 1 fully saturated rings. The van der Waals surface area contributed by atoms with Gasteiger partial charge in [-0.2, -0.15) is 10.2 Å². The van der Waals surface area contributed by atoms with Crippen LogP contribution in [0.1, 0.15) is 23.2 Å². The van der Waals surface area contributed by atoms with Gasteiger partial charge in [-0.05, 0) is 37.1 Å². The molecule has 1 aromatic carbocycles. The Morgan fingerprint density at radius 1 is 1.41 bits per heavy atom. The van der Waals surface area contributed by atoms with E-state index in [1.54, 1.807) is 30.5 Å². The standard InChI is InChI=1S/C20H19ClN6O2/c1-2-3-8-27-19(22)15(10-24-27)20(28)25-16-11-23-26-18(16)14-9-12(21)4-7-17(14)29-13-5-6-13/h2-4,7-11,13H,1,5-6,22H2,(H,23,26)(H,25,28)/b8-3-. The average molecular weight is 411 g/mol. The Labute approximate surface area is 172 Å². The van der Waals surface area contributed by atoms with Crippen LogP contribution in [0.5, 0.6) is 5.75 Å². The van der Waals surface area contributed by atoms with Crippen molar-refractivity contribution < 1.29 is 9.53 Å². The number of nitrogens with two attached hydrogens (primary N) is 1. The quantitative estimate of drug-likeness (QED) is 0.510. The summed E-state index contributed by atoms with van der Waals surface area (Å²) in [5, 5.41) is 14.4. The molecule has 3 aromatic rings. The van der Waals surface area contributed by atoms with Crippen LogP contribution in [0.25, 0.3) is 17.5 Å². The van der Waals surface area contributed by atoms with Crippen molar-refractivity contribution in [1.82, 2.24) is 20.0 Å². The highest BCUT2D eigenvalue weighted by Gasteiger charge is 2.26. The summed E-state index contributed by atoms with van der Waals surface area (Å²) < 4.78 is 7.37. The summed E-state index contributed by atoms with van der Waals surface area (Å²) in [6, 6.07) is 5.36. The van der Waals surface area contributed by atoms with Crippen LogP contribution < -0.4 is 15.8 Å². The van der Waals surface area contributed by atoms with Gasteiger partial charge in [-0.25, -0.2) is 4.68 Å². The van der Waals surface area contributed by atoms with Gasteiger partial charge in [0.1, 0.15) is 17.1 Å². The Hall–Kier alpha value is -3.52. The number of benzene rings is 1. The highest BCUT2D eigenvalue weighted by molar-refractivity contribution is 6.31. The number of carbonyl (C=O) groups is 1. The maximum Gasteiger partial charge on any atom is 0.261 e. The fraction of sp³-hybridized carbons (Fsp3) is 0.150. The molecule has 0 unspecified atom stereocenters. The van der Waals surface area contributed by atoms with E-state index in [1.165, 1.54) is 17.1 Å². The number of hydrogen-bond donors (Lipinski definition) is 3. The minimum atomic E-state index is -0.407. The highest BCUT2D eigenvalue weighted by Crippen LogP contribution is 2.38. The number of nitrogens with zero attached hydrogens (tertiary/aromatic N) is 3. The second-order valence-corrected chi connectivity index (χ2v) is 6.97. The van der Waals surface area contributed by atoms with Crippen LogP contribution in [0, 0.1) is 0 Å². The first kappa shape index (κ1) is 18.8. The second kappa shape index (κ2) is 7.84. The molecule has 2 heterocycles. The van der Waals surface area contributed by atoms with Gasteiger partial charge in [0.05, 0.1) is 29.9 Å². The number of halogens is 1. The number of nitrogens with one attached hydrogen (secondary N) is 2. The van der Waals surface area contributed by atoms with E-state index in [9.17, 15) is 4.79 Å². The molecule has 29 heavy (non-hydrogen) atoms. The van der Waals surface area contributed by atoms with Gasteiger partial charge in [-0.15, -0.1) is 0 Å².